The van der Waals surface area contributed by atoms with E-state index in [1.54, 1.807) is 20.8 Å². The summed E-state index contributed by atoms with van der Waals surface area (Å²) < 4.78 is 57.7. The van der Waals surface area contributed by atoms with Crippen LogP contribution >= 0.6 is 23.2 Å². The minimum Gasteiger partial charge on any atom is -0.374 e. The Labute approximate surface area is 209 Å². The van der Waals surface area contributed by atoms with E-state index in [9.17, 15) is 18.0 Å². The number of oxime groups is 1. The van der Waals surface area contributed by atoms with Gasteiger partial charge < -0.3 is 9.68 Å². The number of nitrogens with zero attached hydrogens (tertiary/aromatic N) is 2. The van der Waals surface area contributed by atoms with Crippen LogP contribution in [0.3, 0.4) is 0 Å². The van der Waals surface area contributed by atoms with Crippen LogP contribution in [0.15, 0.2) is 47.6 Å². The van der Waals surface area contributed by atoms with Crippen molar-refractivity contribution in [2.24, 2.45) is 10.6 Å². The standard InChI is InChI=1S/C24H22Cl2F4N2O3/c1-21(2,3)20(33)34-32-12-22(27,13-32)15-6-4-14(5-7-15)19-11-23(35-31-19,24(28,29)30)16-8-17(25)10-18(26)9-16/h4-10H,11-13H2,1-3H3/t23-/m0/s1. The van der Waals surface area contributed by atoms with Crippen molar-refractivity contribution in [3.05, 3.63) is 69.2 Å². The van der Waals surface area contributed by atoms with Gasteiger partial charge in [-0.25, -0.2) is 9.18 Å². The van der Waals surface area contributed by atoms with Crippen molar-refractivity contribution >= 4 is 34.9 Å². The number of benzene rings is 2. The molecule has 0 bridgehead atoms. The summed E-state index contributed by atoms with van der Waals surface area (Å²) in [5.41, 5.74) is -4.77. The average molecular weight is 533 g/mol. The Morgan fingerprint density at radius 2 is 1.60 bits per heavy atom. The molecule has 0 aliphatic carbocycles. The fraction of sp³-hybridized carbons (Fsp3) is 0.417. The van der Waals surface area contributed by atoms with Crippen molar-refractivity contribution in [3.63, 3.8) is 0 Å². The highest BCUT2D eigenvalue weighted by Crippen LogP contribution is 2.50. The van der Waals surface area contributed by atoms with Gasteiger partial charge in [0.2, 0.25) is 0 Å². The molecule has 0 N–H and O–H groups in total. The van der Waals surface area contributed by atoms with E-state index in [0.29, 0.717) is 11.1 Å². The zero-order chi connectivity index (χ0) is 25.8. The van der Waals surface area contributed by atoms with Gasteiger partial charge in [0.15, 0.2) is 5.67 Å². The number of carbonyl (C=O) groups excluding carboxylic acids is 1. The van der Waals surface area contributed by atoms with Gasteiger partial charge in [-0.1, -0.05) is 52.6 Å². The van der Waals surface area contributed by atoms with Gasteiger partial charge in [-0.2, -0.15) is 13.2 Å². The lowest BCUT2D eigenvalue weighted by Crippen LogP contribution is -2.57. The molecule has 1 saturated heterocycles. The smallest absolute Gasteiger partial charge is 0.374 e. The molecule has 1 fully saturated rings. The molecule has 2 aromatic rings. The van der Waals surface area contributed by atoms with Gasteiger partial charge in [0.05, 0.1) is 24.2 Å². The predicted octanol–water partition coefficient (Wildman–Crippen LogP) is 6.56. The van der Waals surface area contributed by atoms with Gasteiger partial charge in [-0.15, -0.1) is 5.06 Å². The van der Waals surface area contributed by atoms with E-state index in [-0.39, 0.29) is 34.4 Å². The van der Waals surface area contributed by atoms with E-state index in [1.165, 1.54) is 35.4 Å². The van der Waals surface area contributed by atoms with Crippen LogP contribution in [-0.2, 0) is 25.7 Å². The minimum atomic E-state index is -4.81. The molecule has 0 amide bonds. The molecule has 188 valence electrons. The third-order valence-corrected chi connectivity index (χ3v) is 6.37. The van der Waals surface area contributed by atoms with E-state index in [0.717, 1.165) is 12.1 Å². The zero-order valence-electron chi connectivity index (χ0n) is 19.0. The normalized spacial score (nSPS) is 22.3. The monoisotopic (exact) mass is 532 g/mol. The van der Waals surface area contributed by atoms with Gasteiger partial charge in [0.25, 0.3) is 5.60 Å². The molecule has 1 atom stereocenters. The van der Waals surface area contributed by atoms with Gasteiger partial charge in [-0.3, -0.25) is 0 Å². The first-order valence-electron chi connectivity index (χ1n) is 10.7. The molecule has 0 unspecified atom stereocenters. The maximum absolute atomic E-state index is 15.3. The maximum atomic E-state index is 15.3. The van der Waals surface area contributed by atoms with Crippen molar-refractivity contribution in [2.75, 3.05) is 13.1 Å². The summed E-state index contributed by atoms with van der Waals surface area (Å²) in [6.45, 7) is 4.79. The molecular formula is C24H22Cl2F4N2O3. The van der Waals surface area contributed by atoms with Crippen LogP contribution < -0.4 is 0 Å². The SMILES string of the molecule is CC(C)(C)C(=O)ON1CC(F)(c2ccc(C3=NO[C@@](c4cc(Cl)cc(Cl)c4)(C(F)(F)F)C3)cc2)C1. The van der Waals surface area contributed by atoms with E-state index in [4.69, 9.17) is 32.9 Å². The summed E-state index contributed by atoms with van der Waals surface area (Å²) in [6, 6.07) is 9.54. The first-order valence-corrected chi connectivity index (χ1v) is 11.4. The molecule has 11 heteroatoms. The number of hydrogen-bond acceptors (Lipinski definition) is 5. The highest BCUT2D eigenvalue weighted by molar-refractivity contribution is 6.34. The van der Waals surface area contributed by atoms with Crippen molar-refractivity contribution in [2.45, 2.75) is 44.6 Å². The number of hydroxylamine groups is 2. The lowest BCUT2D eigenvalue weighted by molar-refractivity contribution is -0.275. The Hall–Kier alpha value is -2.36. The largest absolute Gasteiger partial charge is 0.435 e. The summed E-state index contributed by atoms with van der Waals surface area (Å²) in [5.74, 6) is -0.469. The Balaban J connectivity index is 1.49. The summed E-state index contributed by atoms with van der Waals surface area (Å²) in [6.07, 6.45) is -5.42. The quantitative estimate of drug-likeness (QED) is 0.418. The summed E-state index contributed by atoms with van der Waals surface area (Å²) in [4.78, 5) is 22.1. The van der Waals surface area contributed by atoms with Crippen LogP contribution in [0.4, 0.5) is 17.6 Å². The van der Waals surface area contributed by atoms with Gasteiger partial charge in [-0.05, 0) is 50.1 Å². The topological polar surface area (TPSA) is 51.1 Å². The molecule has 2 aliphatic heterocycles. The predicted molar refractivity (Wildman–Crippen MR) is 123 cm³/mol. The Morgan fingerprint density at radius 1 is 1.03 bits per heavy atom. The van der Waals surface area contributed by atoms with E-state index < -0.39 is 35.3 Å². The molecule has 2 aromatic carbocycles. The first-order chi connectivity index (χ1) is 16.1. The van der Waals surface area contributed by atoms with Gasteiger partial charge in [0, 0.05) is 22.0 Å². The Kier molecular flexibility index (Phi) is 6.35. The second-order valence-corrected chi connectivity index (χ2v) is 10.6. The van der Waals surface area contributed by atoms with Crippen molar-refractivity contribution in [1.29, 1.82) is 0 Å². The maximum Gasteiger partial charge on any atom is 0.435 e. The van der Waals surface area contributed by atoms with Crippen molar-refractivity contribution in [3.8, 4) is 0 Å². The highest BCUT2D eigenvalue weighted by Gasteiger charge is 2.62. The van der Waals surface area contributed by atoms with Crippen LogP contribution in [0, 0.1) is 5.41 Å². The molecule has 0 aromatic heterocycles. The molecule has 0 saturated carbocycles. The lowest BCUT2D eigenvalue weighted by Gasteiger charge is -2.43. The third-order valence-electron chi connectivity index (χ3n) is 5.93. The van der Waals surface area contributed by atoms with Crippen LogP contribution in [0.5, 0.6) is 0 Å². The molecule has 0 spiro atoms. The summed E-state index contributed by atoms with van der Waals surface area (Å²) >= 11 is 11.8. The van der Waals surface area contributed by atoms with Gasteiger partial charge >= 0.3 is 12.1 Å². The van der Waals surface area contributed by atoms with E-state index >= 15 is 4.39 Å². The number of hydrogen-bond donors (Lipinski definition) is 0. The van der Waals surface area contributed by atoms with Crippen LogP contribution in [0.25, 0.3) is 0 Å². The summed E-state index contributed by atoms with van der Waals surface area (Å²) in [7, 11) is 0. The number of rotatable bonds is 4. The van der Waals surface area contributed by atoms with Crippen molar-refractivity contribution < 1.29 is 32.0 Å². The Morgan fingerprint density at radius 3 is 2.11 bits per heavy atom. The average Bonchev–Trinajstić information content (AvgIpc) is 3.18. The molecule has 35 heavy (non-hydrogen) atoms. The zero-order valence-corrected chi connectivity index (χ0v) is 20.6. The van der Waals surface area contributed by atoms with E-state index in [1.807, 2.05) is 0 Å². The van der Waals surface area contributed by atoms with E-state index in [2.05, 4.69) is 5.16 Å². The van der Waals surface area contributed by atoms with Crippen LogP contribution in [0.1, 0.15) is 43.9 Å². The van der Waals surface area contributed by atoms with Crippen LogP contribution in [0.2, 0.25) is 10.0 Å². The fourth-order valence-corrected chi connectivity index (χ4v) is 4.35. The van der Waals surface area contributed by atoms with Gasteiger partial charge in [0.1, 0.15) is 0 Å². The molecule has 4 rings (SSSR count). The molecule has 0 radical (unpaired) electrons. The number of carbonyl (C=O) groups is 1. The first kappa shape index (κ1) is 25.7. The second-order valence-electron chi connectivity index (χ2n) is 9.76. The fourth-order valence-electron chi connectivity index (χ4n) is 3.82. The molecule has 2 aliphatic rings. The highest BCUT2D eigenvalue weighted by atomic mass is 35.5. The summed E-state index contributed by atoms with van der Waals surface area (Å²) in [5, 5.41) is 5.02. The molecule has 5 nitrogen and oxygen atoms in total. The Bertz CT molecular complexity index is 1150. The number of halogens is 6. The van der Waals surface area contributed by atoms with Crippen LogP contribution in [-0.4, -0.2) is 36.0 Å². The lowest BCUT2D eigenvalue weighted by atomic mass is 9.85. The number of alkyl halides is 4. The minimum absolute atomic E-state index is 0.0356. The second kappa shape index (κ2) is 8.64. The molecular weight excluding hydrogens is 511 g/mol. The van der Waals surface area contributed by atoms with Crippen molar-refractivity contribution in [1.82, 2.24) is 5.06 Å². The third kappa shape index (κ3) is 4.86. The molecule has 2 heterocycles.